The van der Waals surface area contributed by atoms with Crippen LogP contribution in [0.15, 0.2) is 54.3 Å². The topological polar surface area (TPSA) is 9.23 Å². The molecule has 0 heterocycles. The van der Waals surface area contributed by atoms with Crippen molar-refractivity contribution >= 4 is 75.9 Å². The number of halogens is 4. The Kier molecular flexibility index (Phi) is 8.62. The van der Waals surface area contributed by atoms with Crippen LogP contribution in [0.4, 0.5) is 0 Å². The maximum atomic E-state index is 5.66. The Balaban J connectivity index is 1.86. The summed E-state index contributed by atoms with van der Waals surface area (Å²) in [5.41, 5.74) is 4.79. The quantitative estimate of drug-likeness (QED) is 0.308. The molecule has 1 nitrogen and oxygen atoms in total. The van der Waals surface area contributed by atoms with E-state index in [1.807, 2.05) is 12.2 Å². The molecule has 132 valence electrons. The zero-order valence-corrected chi connectivity index (χ0v) is 20.3. The van der Waals surface area contributed by atoms with Crippen molar-refractivity contribution in [1.82, 2.24) is 0 Å². The Labute approximate surface area is 183 Å². The van der Waals surface area contributed by atoms with Gasteiger partial charge in [0.05, 0.1) is 13.2 Å². The Bertz CT molecular complexity index is 696. The highest BCUT2D eigenvalue weighted by molar-refractivity contribution is 9.11. The molecule has 2 aromatic carbocycles. The minimum absolute atomic E-state index is 0.576. The zero-order valence-electron chi connectivity index (χ0n) is 14.0. The lowest BCUT2D eigenvalue weighted by atomic mass is 10.1. The molecule has 25 heavy (non-hydrogen) atoms. The van der Waals surface area contributed by atoms with Crippen molar-refractivity contribution in [2.75, 3.05) is 13.2 Å². The van der Waals surface area contributed by atoms with Gasteiger partial charge in [0.25, 0.3) is 0 Å². The van der Waals surface area contributed by atoms with Crippen LogP contribution in [-0.2, 0) is 4.74 Å². The van der Waals surface area contributed by atoms with Gasteiger partial charge in [0, 0.05) is 17.9 Å². The molecule has 0 amide bonds. The van der Waals surface area contributed by atoms with E-state index in [0.717, 1.165) is 17.9 Å². The molecule has 0 saturated heterocycles. The second kappa shape index (κ2) is 10.2. The first-order valence-corrected chi connectivity index (χ1v) is 10.9. The Morgan fingerprint density at radius 1 is 0.720 bits per heavy atom. The van der Waals surface area contributed by atoms with Crippen LogP contribution in [0, 0.1) is 13.8 Å². The molecule has 0 bridgehead atoms. The lowest BCUT2D eigenvalue weighted by Gasteiger charge is -2.05. The smallest absolute Gasteiger partial charge is 0.0655 e. The Hall–Kier alpha value is -0.200. The molecule has 0 aromatic heterocycles. The highest BCUT2D eigenvalue weighted by atomic mass is 79.9. The third kappa shape index (κ3) is 6.47. The summed E-state index contributed by atoms with van der Waals surface area (Å²) in [5.74, 6) is 0. The van der Waals surface area contributed by atoms with Crippen LogP contribution < -0.4 is 0 Å². The summed E-state index contributed by atoms with van der Waals surface area (Å²) in [4.78, 5) is 0. The number of ether oxygens (including phenoxy) is 1. The van der Waals surface area contributed by atoms with E-state index in [1.165, 1.54) is 22.3 Å². The monoisotopic (exact) mass is 590 g/mol. The fraction of sp³-hybridized carbons (Fsp3) is 0.200. The lowest BCUT2D eigenvalue weighted by molar-refractivity contribution is 0.195. The molecule has 0 atom stereocenters. The van der Waals surface area contributed by atoms with Crippen molar-refractivity contribution in [2.24, 2.45) is 0 Å². The maximum Gasteiger partial charge on any atom is 0.0655 e. The largest absolute Gasteiger partial charge is 0.373 e. The average molecular weight is 594 g/mol. The number of benzene rings is 2. The van der Waals surface area contributed by atoms with Gasteiger partial charge in [0.1, 0.15) is 0 Å². The van der Waals surface area contributed by atoms with Crippen molar-refractivity contribution in [3.8, 4) is 0 Å². The molecular formula is C20H18Br4O. The third-order valence-corrected chi connectivity index (χ3v) is 5.83. The van der Waals surface area contributed by atoms with Gasteiger partial charge in [-0.05, 0) is 60.4 Å². The van der Waals surface area contributed by atoms with Crippen molar-refractivity contribution in [3.05, 3.63) is 76.6 Å². The fourth-order valence-electron chi connectivity index (χ4n) is 2.39. The van der Waals surface area contributed by atoms with Crippen LogP contribution in [0.2, 0.25) is 0 Å². The van der Waals surface area contributed by atoms with Gasteiger partial charge in [-0.3, -0.25) is 0 Å². The van der Waals surface area contributed by atoms with E-state index in [2.05, 4.69) is 114 Å². The summed E-state index contributed by atoms with van der Waals surface area (Å²) < 4.78 is 9.96. The highest BCUT2D eigenvalue weighted by Gasteiger charge is 2.03. The van der Waals surface area contributed by atoms with Gasteiger partial charge in [-0.2, -0.15) is 0 Å². The van der Waals surface area contributed by atoms with Crippen molar-refractivity contribution in [1.29, 1.82) is 0 Å². The number of rotatable bonds is 6. The SMILES string of the molecule is Cc1cc(Br)cc(Br)c1C=CCOCC=Cc1c(C)cc(Br)cc1Br. The van der Waals surface area contributed by atoms with Crippen LogP contribution in [0.1, 0.15) is 22.3 Å². The molecule has 0 N–H and O–H groups in total. The van der Waals surface area contributed by atoms with E-state index >= 15 is 0 Å². The first kappa shape index (κ1) is 21.1. The van der Waals surface area contributed by atoms with E-state index in [-0.39, 0.29) is 0 Å². The molecular weight excluding hydrogens is 576 g/mol. The molecule has 0 fully saturated rings. The minimum atomic E-state index is 0.576. The molecule has 2 aromatic rings. The van der Waals surface area contributed by atoms with Crippen LogP contribution in [0.25, 0.3) is 12.2 Å². The van der Waals surface area contributed by atoms with E-state index in [0.29, 0.717) is 13.2 Å². The number of hydrogen-bond acceptors (Lipinski definition) is 1. The van der Waals surface area contributed by atoms with Crippen molar-refractivity contribution in [2.45, 2.75) is 13.8 Å². The Morgan fingerprint density at radius 2 is 1.12 bits per heavy atom. The lowest BCUT2D eigenvalue weighted by Crippen LogP contribution is -1.91. The molecule has 0 unspecified atom stereocenters. The summed E-state index contributed by atoms with van der Waals surface area (Å²) in [6.45, 7) is 5.34. The average Bonchev–Trinajstić information content (AvgIpc) is 2.50. The van der Waals surface area contributed by atoms with Gasteiger partial charge in [-0.1, -0.05) is 88.0 Å². The predicted octanol–water partition coefficient (Wildman–Crippen LogP) is 8.10. The molecule has 0 aliphatic rings. The van der Waals surface area contributed by atoms with E-state index < -0.39 is 0 Å². The highest BCUT2D eigenvalue weighted by Crippen LogP contribution is 2.27. The van der Waals surface area contributed by atoms with Crippen molar-refractivity contribution < 1.29 is 4.74 Å². The van der Waals surface area contributed by atoms with Gasteiger partial charge in [-0.15, -0.1) is 0 Å². The van der Waals surface area contributed by atoms with Gasteiger partial charge >= 0.3 is 0 Å². The summed E-state index contributed by atoms with van der Waals surface area (Å²) in [6, 6.07) is 8.31. The molecule has 0 radical (unpaired) electrons. The number of hydrogen-bond donors (Lipinski definition) is 0. The van der Waals surface area contributed by atoms with Crippen LogP contribution in [-0.4, -0.2) is 13.2 Å². The molecule has 0 aliphatic heterocycles. The minimum Gasteiger partial charge on any atom is -0.373 e. The van der Waals surface area contributed by atoms with Gasteiger partial charge < -0.3 is 4.74 Å². The summed E-state index contributed by atoms with van der Waals surface area (Å²) in [5, 5.41) is 0. The van der Waals surface area contributed by atoms with Crippen LogP contribution in [0.3, 0.4) is 0 Å². The van der Waals surface area contributed by atoms with Crippen LogP contribution >= 0.6 is 63.7 Å². The van der Waals surface area contributed by atoms with Gasteiger partial charge in [0.15, 0.2) is 0 Å². The predicted molar refractivity (Wildman–Crippen MR) is 122 cm³/mol. The normalized spacial score (nSPS) is 11.8. The van der Waals surface area contributed by atoms with Gasteiger partial charge in [0.2, 0.25) is 0 Å². The first-order chi connectivity index (χ1) is 11.9. The van der Waals surface area contributed by atoms with E-state index in [1.54, 1.807) is 0 Å². The molecule has 0 aliphatic carbocycles. The molecule has 0 saturated carbocycles. The fourth-order valence-corrected chi connectivity index (χ4v) is 5.53. The van der Waals surface area contributed by atoms with E-state index in [9.17, 15) is 0 Å². The second-order valence-electron chi connectivity index (χ2n) is 5.58. The summed E-state index contributed by atoms with van der Waals surface area (Å²) in [7, 11) is 0. The van der Waals surface area contributed by atoms with Gasteiger partial charge in [-0.25, -0.2) is 0 Å². The standard InChI is InChI=1S/C20H18Br4O/c1-13-9-15(21)11-19(23)17(13)5-3-7-25-8-4-6-18-14(2)10-16(22)12-20(18)24/h3-6,9-12H,7-8H2,1-2H3. The Morgan fingerprint density at radius 3 is 1.48 bits per heavy atom. The van der Waals surface area contributed by atoms with E-state index in [4.69, 9.17) is 4.74 Å². The zero-order chi connectivity index (χ0) is 18.4. The molecule has 5 heteroatoms. The van der Waals surface area contributed by atoms with Crippen molar-refractivity contribution in [3.63, 3.8) is 0 Å². The summed E-state index contributed by atoms with van der Waals surface area (Å²) >= 11 is 14.2. The molecule has 0 spiro atoms. The first-order valence-electron chi connectivity index (χ1n) is 7.70. The van der Waals surface area contributed by atoms with Crippen LogP contribution in [0.5, 0.6) is 0 Å². The second-order valence-corrected chi connectivity index (χ2v) is 9.12. The summed E-state index contributed by atoms with van der Waals surface area (Å²) in [6.07, 6.45) is 8.25. The number of aryl methyl sites for hydroxylation is 2. The third-order valence-electron chi connectivity index (χ3n) is 3.60. The molecule has 2 rings (SSSR count). The maximum absolute atomic E-state index is 5.66.